The Bertz CT molecular complexity index is 999. The van der Waals surface area contributed by atoms with E-state index in [1.165, 1.54) is 12.1 Å². The molecule has 136 valence electrons. The summed E-state index contributed by atoms with van der Waals surface area (Å²) in [5.41, 5.74) is 2.25. The van der Waals surface area contributed by atoms with Gasteiger partial charge in [0, 0.05) is 11.3 Å². The number of fused-ring (bicyclic) bond motifs is 1. The van der Waals surface area contributed by atoms with Crippen LogP contribution in [0.2, 0.25) is 0 Å². The molecule has 0 saturated carbocycles. The Hall–Kier alpha value is -3.28. The monoisotopic (exact) mass is 363 g/mol. The largest absolute Gasteiger partial charge is 0.487 e. The number of carbonyl (C=O) groups excluding carboxylic acids is 1. The van der Waals surface area contributed by atoms with Crippen LogP contribution in [0.15, 0.2) is 54.6 Å². The van der Waals surface area contributed by atoms with Crippen molar-refractivity contribution in [1.29, 1.82) is 0 Å². The number of ether oxygens (including phenoxy) is 1. The Kier molecular flexibility index (Phi) is 4.11. The quantitative estimate of drug-likeness (QED) is 0.726. The molecule has 27 heavy (non-hydrogen) atoms. The van der Waals surface area contributed by atoms with Gasteiger partial charge in [-0.3, -0.25) is 4.79 Å². The number of benzene rings is 2. The summed E-state index contributed by atoms with van der Waals surface area (Å²) in [6.07, 6.45) is 0.343. The van der Waals surface area contributed by atoms with E-state index in [4.69, 9.17) is 4.74 Å². The second kappa shape index (κ2) is 6.46. The fraction of sp³-hybridized carbons (Fsp3) is 0.190. The molecule has 1 aliphatic heterocycles. The molecule has 4 rings (SSSR count). The summed E-state index contributed by atoms with van der Waals surface area (Å²) in [5.74, 6) is 0.909. The maximum absolute atomic E-state index is 13.0. The number of halogens is 1. The van der Waals surface area contributed by atoms with E-state index in [1.54, 1.807) is 36.4 Å². The van der Waals surface area contributed by atoms with Crippen molar-refractivity contribution in [3.63, 3.8) is 0 Å². The van der Waals surface area contributed by atoms with E-state index >= 15 is 0 Å². The first-order chi connectivity index (χ1) is 12.9. The van der Waals surface area contributed by atoms with Crippen molar-refractivity contribution in [2.45, 2.75) is 25.9 Å². The summed E-state index contributed by atoms with van der Waals surface area (Å²) >= 11 is 0. The van der Waals surface area contributed by atoms with Crippen LogP contribution in [0.3, 0.4) is 0 Å². The average molecular weight is 363 g/mol. The van der Waals surface area contributed by atoms with Crippen molar-refractivity contribution in [1.82, 2.24) is 10.2 Å². The molecule has 1 aliphatic rings. The molecule has 0 spiro atoms. The smallest absolute Gasteiger partial charge is 0.170 e. The third-order valence-corrected chi connectivity index (χ3v) is 4.33. The molecular formula is C21H18FN3O2. The van der Waals surface area contributed by atoms with Gasteiger partial charge in [0.1, 0.15) is 17.2 Å². The minimum atomic E-state index is -0.485. The van der Waals surface area contributed by atoms with Crippen molar-refractivity contribution in [3.8, 4) is 17.0 Å². The number of rotatable bonds is 3. The van der Waals surface area contributed by atoms with Crippen LogP contribution in [0.5, 0.6) is 5.75 Å². The van der Waals surface area contributed by atoms with Crippen LogP contribution in [0, 0.1) is 5.82 Å². The van der Waals surface area contributed by atoms with Crippen LogP contribution in [0.1, 0.15) is 30.6 Å². The normalized spacial score (nSPS) is 15.0. The van der Waals surface area contributed by atoms with Gasteiger partial charge in [-0.2, -0.15) is 0 Å². The number of ketones is 1. The van der Waals surface area contributed by atoms with Gasteiger partial charge in [-0.05, 0) is 68.4 Å². The number of carbonyl (C=O) groups is 1. The summed E-state index contributed by atoms with van der Waals surface area (Å²) in [6.45, 7) is 3.80. The van der Waals surface area contributed by atoms with Crippen molar-refractivity contribution in [2.75, 3.05) is 5.32 Å². The highest BCUT2D eigenvalue weighted by Crippen LogP contribution is 2.35. The summed E-state index contributed by atoms with van der Waals surface area (Å²) in [5, 5.41) is 11.5. The molecule has 6 heteroatoms. The molecule has 3 aromatic rings. The number of aromatic nitrogens is 2. The molecule has 2 heterocycles. The fourth-order valence-electron chi connectivity index (χ4n) is 3.05. The highest BCUT2D eigenvalue weighted by atomic mass is 19.1. The number of hydrogen-bond donors (Lipinski definition) is 1. The number of anilines is 2. The lowest BCUT2D eigenvalue weighted by atomic mass is 9.93. The van der Waals surface area contributed by atoms with Crippen LogP contribution in [0.4, 0.5) is 15.9 Å². The zero-order valence-corrected chi connectivity index (χ0v) is 15.0. The topological polar surface area (TPSA) is 64.1 Å². The Balaban J connectivity index is 1.54. The molecule has 0 bridgehead atoms. The van der Waals surface area contributed by atoms with E-state index in [-0.39, 0.29) is 11.6 Å². The van der Waals surface area contributed by atoms with Gasteiger partial charge in [-0.1, -0.05) is 0 Å². The van der Waals surface area contributed by atoms with Gasteiger partial charge in [-0.15, -0.1) is 10.2 Å². The van der Waals surface area contributed by atoms with Crippen molar-refractivity contribution < 1.29 is 13.9 Å². The molecule has 5 nitrogen and oxygen atoms in total. The van der Waals surface area contributed by atoms with E-state index in [9.17, 15) is 9.18 Å². The van der Waals surface area contributed by atoms with E-state index < -0.39 is 5.60 Å². The first kappa shape index (κ1) is 17.1. The predicted octanol–water partition coefficient (Wildman–Crippen LogP) is 4.77. The molecule has 0 aliphatic carbocycles. The van der Waals surface area contributed by atoms with E-state index in [0.29, 0.717) is 29.2 Å². The fourth-order valence-corrected chi connectivity index (χ4v) is 3.05. The zero-order chi connectivity index (χ0) is 19.0. The van der Waals surface area contributed by atoms with Crippen LogP contribution >= 0.6 is 0 Å². The molecule has 1 aromatic heterocycles. The predicted molar refractivity (Wildman–Crippen MR) is 101 cm³/mol. The summed E-state index contributed by atoms with van der Waals surface area (Å²) in [4.78, 5) is 12.4. The van der Waals surface area contributed by atoms with Crippen LogP contribution in [0.25, 0.3) is 11.3 Å². The highest BCUT2D eigenvalue weighted by molar-refractivity contribution is 6.01. The molecule has 1 N–H and O–H groups in total. The van der Waals surface area contributed by atoms with Crippen LogP contribution in [-0.4, -0.2) is 21.6 Å². The lowest BCUT2D eigenvalue weighted by Crippen LogP contribution is -2.35. The van der Waals surface area contributed by atoms with E-state index in [2.05, 4.69) is 15.5 Å². The van der Waals surface area contributed by atoms with Gasteiger partial charge in [0.2, 0.25) is 0 Å². The first-order valence-electron chi connectivity index (χ1n) is 8.63. The molecule has 0 radical (unpaired) electrons. The number of nitrogens with one attached hydrogen (secondary N) is 1. The Morgan fingerprint density at radius 3 is 2.52 bits per heavy atom. The molecular weight excluding hydrogens is 345 g/mol. The molecule has 0 atom stereocenters. The Morgan fingerprint density at radius 1 is 1.04 bits per heavy atom. The van der Waals surface area contributed by atoms with E-state index in [0.717, 1.165) is 11.3 Å². The molecule has 0 fully saturated rings. The van der Waals surface area contributed by atoms with Gasteiger partial charge < -0.3 is 10.1 Å². The lowest BCUT2D eigenvalue weighted by Gasteiger charge is -2.31. The minimum absolute atomic E-state index is 0.0580. The molecule has 0 amide bonds. The summed E-state index contributed by atoms with van der Waals surface area (Å²) in [6, 6.07) is 15.1. The highest BCUT2D eigenvalue weighted by Gasteiger charge is 2.32. The zero-order valence-electron chi connectivity index (χ0n) is 15.0. The third kappa shape index (κ3) is 3.65. The lowest BCUT2D eigenvalue weighted by molar-refractivity contribution is 0.0620. The molecule has 2 aromatic carbocycles. The van der Waals surface area contributed by atoms with Crippen molar-refractivity contribution >= 4 is 17.3 Å². The molecule has 0 unspecified atom stereocenters. The number of nitrogens with zero attached hydrogens (tertiary/aromatic N) is 2. The van der Waals surface area contributed by atoms with Gasteiger partial charge in [0.25, 0.3) is 0 Å². The first-order valence-corrected chi connectivity index (χ1v) is 8.63. The maximum Gasteiger partial charge on any atom is 0.170 e. The second-order valence-electron chi connectivity index (χ2n) is 7.11. The SMILES string of the molecule is CC1(C)CC(=O)c2cc(Nc3ccc(-c4ccc(F)cc4)nn3)ccc2O1. The Morgan fingerprint density at radius 2 is 1.81 bits per heavy atom. The maximum atomic E-state index is 13.0. The summed E-state index contributed by atoms with van der Waals surface area (Å²) < 4.78 is 18.9. The number of hydrogen-bond acceptors (Lipinski definition) is 5. The van der Waals surface area contributed by atoms with Crippen LogP contribution in [-0.2, 0) is 0 Å². The van der Waals surface area contributed by atoms with Crippen LogP contribution < -0.4 is 10.1 Å². The minimum Gasteiger partial charge on any atom is -0.487 e. The van der Waals surface area contributed by atoms with Gasteiger partial charge in [0.05, 0.1) is 17.7 Å². The number of Topliss-reactive ketones (excluding diaryl/α,β-unsaturated/α-hetero) is 1. The van der Waals surface area contributed by atoms with Gasteiger partial charge >= 0.3 is 0 Å². The second-order valence-corrected chi connectivity index (χ2v) is 7.11. The average Bonchev–Trinajstić information content (AvgIpc) is 2.63. The summed E-state index contributed by atoms with van der Waals surface area (Å²) in [7, 11) is 0. The van der Waals surface area contributed by atoms with Gasteiger partial charge in [0.15, 0.2) is 11.6 Å². The van der Waals surface area contributed by atoms with E-state index in [1.807, 2.05) is 19.9 Å². The standard InChI is InChI=1S/C21H18FN3O2/c1-21(2)12-18(26)16-11-15(7-9-19(16)27-21)23-20-10-8-17(24-25-20)13-3-5-14(22)6-4-13/h3-11H,12H2,1-2H3,(H,23,25). The molecule has 0 saturated heterocycles. The van der Waals surface area contributed by atoms with Crippen molar-refractivity contribution in [2.24, 2.45) is 0 Å². The van der Waals surface area contributed by atoms with Crippen molar-refractivity contribution in [3.05, 3.63) is 66.0 Å². The Labute approximate surface area is 156 Å². The third-order valence-electron chi connectivity index (χ3n) is 4.33. The van der Waals surface area contributed by atoms with Gasteiger partial charge in [-0.25, -0.2) is 4.39 Å².